The maximum atomic E-state index is 9.34. The predicted molar refractivity (Wildman–Crippen MR) is 57.3 cm³/mol. The van der Waals surface area contributed by atoms with Crippen molar-refractivity contribution in [3.8, 4) is 5.75 Å². The fourth-order valence-corrected chi connectivity index (χ4v) is 2.30. The molecule has 0 aromatic heterocycles. The number of hydrogen-bond acceptors (Lipinski definition) is 2. The van der Waals surface area contributed by atoms with E-state index in [1.165, 1.54) is 17.5 Å². The Balaban J connectivity index is 2.15. The largest absolute Gasteiger partial charge is 0.508 e. The number of phenolic OH excluding ortho intramolecular Hbond substituents is 1. The Bertz CT molecular complexity index is 322. The molecule has 1 unspecified atom stereocenters. The van der Waals surface area contributed by atoms with Gasteiger partial charge in [-0.05, 0) is 61.4 Å². The van der Waals surface area contributed by atoms with Crippen LogP contribution in [0.4, 0.5) is 0 Å². The highest BCUT2D eigenvalue weighted by atomic mass is 16.3. The minimum atomic E-state index is 0.390. The van der Waals surface area contributed by atoms with Gasteiger partial charge in [0.2, 0.25) is 0 Å². The summed E-state index contributed by atoms with van der Waals surface area (Å²) in [5.74, 6) is 1.14. The Morgan fingerprint density at radius 2 is 2.21 bits per heavy atom. The highest BCUT2D eigenvalue weighted by molar-refractivity contribution is 5.36. The zero-order valence-corrected chi connectivity index (χ0v) is 8.37. The number of aromatic hydroxyl groups is 1. The molecule has 1 atom stereocenters. The van der Waals surface area contributed by atoms with Gasteiger partial charge in [0.25, 0.3) is 0 Å². The van der Waals surface area contributed by atoms with Gasteiger partial charge >= 0.3 is 0 Å². The summed E-state index contributed by atoms with van der Waals surface area (Å²) in [6.45, 7) is 0.790. The highest BCUT2D eigenvalue weighted by Crippen LogP contribution is 2.29. The first-order valence-corrected chi connectivity index (χ1v) is 5.30. The first-order valence-electron chi connectivity index (χ1n) is 5.30. The lowest BCUT2D eigenvalue weighted by atomic mass is 9.82. The summed E-state index contributed by atoms with van der Waals surface area (Å²) in [6.07, 6.45) is 4.56. The molecule has 1 aliphatic rings. The second-order valence-electron chi connectivity index (χ2n) is 4.14. The summed E-state index contributed by atoms with van der Waals surface area (Å²) in [6, 6.07) is 5.73. The molecule has 2 nitrogen and oxygen atoms in total. The number of aryl methyl sites for hydroxylation is 1. The molecule has 0 aliphatic heterocycles. The molecule has 0 saturated carbocycles. The fraction of sp³-hybridized carbons (Fsp3) is 0.500. The smallest absolute Gasteiger partial charge is 0.115 e. The van der Waals surface area contributed by atoms with E-state index in [1.54, 1.807) is 6.07 Å². The van der Waals surface area contributed by atoms with Gasteiger partial charge in [0, 0.05) is 0 Å². The minimum Gasteiger partial charge on any atom is -0.508 e. The maximum Gasteiger partial charge on any atom is 0.115 e. The van der Waals surface area contributed by atoms with Crippen molar-refractivity contribution in [2.24, 2.45) is 11.7 Å². The third-order valence-corrected chi connectivity index (χ3v) is 3.10. The van der Waals surface area contributed by atoms with Crippen molar-refractivity contribution >= 4 is 0 Å². The number of benzene rings is 1. The van der Waals surface area contributed by atoms with E-state index >= 15 is 0 Å². The standard InChI is InChI=1S/C12H17NO/c13-6-5-9-1-2-11-8-12(14)4-3-10(11)7-9/h3-4,8-9,14H,1-2,5-7,13H2. The van der Waals surface area contributed by atoms with Crippen molar-refractivity contribution in [1.82, 2.24) is 0 Å². The average molecular weight is 191 g/mol. The molecule has 76 valence electrons. The van der Waals surface area contributed by atoms with Crippen LogP contribution in [0.1, 0.15) is 24.0 Å². The molecule has 2 heteroatoms. The molecule has 2 rings (SSSR count). The van der Waals surface area contributed by atoms with Crippen LogP contribution in [-0.4, -0.2) is 11.7 Å². The lowest BCUT2D eigenvalue weighted by Crippen LogP contribution is -2.17. The number of hydrogen-bond donors (Lipinski definition) is 2. The van der Waals surface area contributed by atoms with E-state index in [0.29, 0.717) is 5.75 Å². The van der Waals surface area contributed by atoms with Crippen LogP contribution in [0.25, 0.3) is 0 Å². The van der Waals surface area contributed by atoms with Crippen LogP contribution in [-0.2, 0) is 12.8 Å². The second-order valence-corrected chi connectivity index (χ2v) is 4.14. The number of phenols is 1. The molecule has 0 spiro atoms. The van der Waals surface area contributed by atoms with Crippen LogP contribution < -0.4 is 5.73 Å². The Hall–Kier alpha value is -1.02. The second kappa shape index (κ2) is 4.01. The van der Waals surface area contributed by atoms with E-state index in [0.717, 1.165) is 31.7 Å². The van der Waals surface area contributed by atoms with Gasteiger partial charge in [-0.2, -0.15) is 0 Å². The fourth-order valence-electron chi connectivity index (χ4n) is 2.30. The van der Waals surface area contributed by atoms with Gasteiger partial charge < -0.3 is 10.8 Å². The molecule has 0 radical (unpaired) electrons. The number of nitrogens with two attached hydrogens (primary N) is 1. The van der Waals surface area contributed by atoms with Crippen molar-refractivity contribution in [3.63, 3.8) is 0 Å². The normalized spacial score (nSPS) is 20.5. The molecule has 0 saturated heterocycles. The topological polar surface area (TPSA) is 46.2 Å². The van der Waals surface area contributed by atoms with Gasteiger partial charge in [-0.1, -0.05) is 6.07 Å². The molecule has 1 aliphatic carbocycles. The van der Waals surface area contributed by atoms with Crippen LogP contribution in [0, 0.1) is 5.92 Å². The maximum absolute atomic E-state index is 9.34. The Labute approximate surface area is 84.7 Å². The first kappa shape index (κ1) is 9.53. The molecule has 0 bridgehead atoms. The van der Waals surface area contributed by atoms with E-state index in [9.17, 15) is 5.11 Å². The van der Waals surface area contributed by atoms with E-state index < -0.39 is 0 Å². The van der Waals surface area contributed by atoms with Crippen LogP contribution in [0.5, 0.6) is 5.75 Å². The summed E-state index contributed by atoms with van der Waals surface area (Å²) < 4.78 is 0. The summed E-state index contributed by atoms with van der Waals surface area (Å²) in [7, 11) is 0. The minimum absolute atomic E-state index is 0.390. The van der Waals surface area contributed by atoms with Crippen molar-refractivity contribution in [2.45, 2.75) is 25.7 Å². The van der Waals surface area contributed by atoms with E-state index in [-0.39, 0.29) is 0 Å². The molecule has 1 aromatic carbocycles. The van der Waals surface area contributed by atoms with Crippen LogP contribution in [0.2, 0.25) is 0 Å². The number of rotatable bonds is 2. The molecule has 0 heterocycles. The van der Waals surface area contributed by atoms with Crippen molar-refractivity contribution in [3.05, 3.63) is 29.3 Å². The summed E-state index contributed by atoms with van der Waals surface area (Å²) in [5, 5.41) is 9.34. The SMILES string of the molecule is NCCC1CCc2cc(O)ccc2C1. The number of fused-ring (bicyclic) bond motifs is 1. The van der Waals surface area contributed by atoms with Gasteiger partial charge in [0.05, 0.1) is 0 Å². The molecule has 3 N–H and O–H groups in total. The Morgan fingerprint density at radius 3 is 3.00 bits per heavy atom. The Morgan fingerprint density at radius 1 is 1.36 bits per heavy atom. The molecule has 0 amide bonds. The zero-order chi connectivity index (χ0) is 9.97. The van der Waals surface area contributed by atoms with Crippen LogP contribution in [0.3, 0.4) is 0 Å². The first-order chi connectivity index (χ1) is 6.79. The zero-order valence-electron chi connectivity index (χ0n) is 8.37. The Kier molecular flexibility index (Phi) is 2.73. The summed E-state index contributed by atoms with van der Waals surface area (Å²) in [5.41, 5.74) is 8.28. The van der Waals surface area contributed by atoms with Crippen LogP contribution >= 0.6 is 0 Å². The average Bonchev–Trinajstić information content (AvgIpc) is 2.19. The third kappa shape index (κ3) is 1.90. The molecule has 0 fully saturated rings. The molecule has 1 aromatic rings. The highest BCUT2D eigenvalue weighted by Gasteiger charge is 2.17. The van der Waals surface area contributed by atoms with Crippen LogP contribution in [0.15, 0.2) is 18.2 Å². The molecular formula is C12H17NO. The van der Waals surface area contributed by atoms with Gasteiger partial charge in [-0.25, -0.2) is 0 Å². The van der Waals surface area contributed by atoms with Crippen molar-refractivity contribution < 1.29 is 5.11 Å². The lowest BCUT2D eigenvalue weighted by Gasteiger charge is -2.24. The van der Waals surface area contributed by atoms with Gasteiger partial charge in [0.15, 0.2) is 0 Å². The van der Waals surface area contributed by atoms with Crippen molar-refractivity contribution in [1.29, 1.82) is 0 Å². The molecular weight excluding hydrogens is 174 g/mol. The molecule has 14 heavy (non-hydrogen) atoms. The quantitative estimate of drug-likeness (QED) is 0.749. The monoisotopic (exact) mass is 191 g/mol. The van der Waals surface area contributed by atoms with Gasteiger partial charge in [-0.3, -0.25) is 0 Å². The predicted octanol–water partition coefficient (Wildman–Crippen LogP) is 1.85. The van der Waals surface area contributed by atoms with E-state index in [2.05, 4.69) is 0 Å². The summed E-state index contributed by atoms with van der Waals surface area (Å²) in [4.78, 5) is 0. The third-order valence-electron chi connectivity index (χ3n) is 3.10. The van der Waals surface area contributed by atoms with E-state index in [1.807, 2.05) is 12.1 Å². The van der Waals surface area contributed by atoms with E-state index in [4.69, 9.17) is 5.73 Å². The van der Waals surface area contributed by atoms with Gasteiger partial charge in [-0.15, -0.1) is 0 Å². The van der Waals surface area contributed by atoms with Crippen molar-refractivity contribution in [2.75, 3.05) is 6.54 Å². The lowest BCUT2D eigenvalue weighted by molar-refractivity contribution is 0.428. The summed E-state index contributed by atoms with van der Waals surface area (Å²) >= 11 is 0. The van der Waals surface area contributed by atoms with Gasteiger partial charge in [0.1, 0.15) is 5.75 Å².